The van der Waals surface area contributed by atoms with Crippen LogP contribution in [0, 0.1) is 0 Å². The molecule has 4 rings (SSSR count). The van der Waals surface area contributed by atoms with Crippen LogP contribution in [0.4, 0.5) is 16.4 Å². The van der Waals surface area contributed by atoms with Crippen LogP contribution in [0.15, 0.2) is 36.8 Å². The van der Waals surface area contributed by atoms with E-state index in [0.29, 0.717) is 48.8 Å². The van der Waals surface area contributed by atoms with Crippen molar-refractivity contribution in [2.45, 2.75) is 33.3 Å². The van der Waals surface area contributed by atoms with Gasteiger partial charge in [0.25, 0.3) is 5.91 Å². The zero-order chi connectivity index (χ0) is 25.3. The lowest BCUT2D eigenvalue weighted by molar-refractivity contribution is -0.114. The number of nitrogens with one attached hydrogen (secondary N) is 1. The molecule has 11 nitrogen and oxygen atoms in total. The molecule has 11 heteroatoms. The van der Waals surface area contributed by atoms with Gasteiger partial charge in [-0.15, -0.1) is 0 Å². The summed E-state index contributed by atoms with van der Waals surface area (Å²) in [4.78, 5) is 48.7. The topological polar surface area (TPSA) is 135 Å². The van der Waals surface area contributed by atoms with Crippen molar-refractivity contribution in [1.29, 1.82) is 0 Å². The quantitative estimate of drug-likeness (QED) is 0.589. The molecular weight excluding hydrogens is 450 g/mol. The number of aromatic nitrogens is 3. The van der Waals surface area contributed by atoms with Crippen LogP contribution in [-0.4, -0.2) is 73.9 Å². The van der Waals surface area contributed by atoms with Crippen molar-refractivity contribution in [3.05, 3.63) is 42.4 Å². The van der Waals surface area contributed by atoms with Gasteiger partial charge >= 0.3 is 6.09 Å². The molecule has 0 atom stereocenters. The number of fused-ring (bicyclic) bond motifs is 1. The van der Waals surface area contributed by atoms with Crippen molar-refractivity contribution < 1.29 is 19.1 Å². The van der Waals surface area contributed by atoms with Crippen molar-refractivity contribution in [3.8, 4) is 11.1 Å². The van der Waals surface area contributed by atoms with Gasteiger partial charge in [-0.3, -0.25) is 9.59 Å². The second-order valence-electron chi connectivity index (χ2n) is 9.41. The van der Waals surface area contributed by atoms with Gasteiger partial charge in [0.1, 0.15) is 17.1 Å². The van der Waals surface area contributed by atoms with E-state index in [0.717, 1.165) is 5.56 Å². The molecule has 0 aliphatic carbocycles. The Morgan fingerprint density at radius 2 is 1.71 bits per heavy atom. The first-order valence-corrected chi connectivity index (χ1v) is 11.3. The fourth-order valence-electron chi connectivity index (χ4n) is 3.80. The highest BCUT2D eigenvalue weighted by Gasteiger charge is 2.29. The van der Waals surface area contributed by atoms with Crippen LogP contribution < -0.4 is 11.1 Å². The number of nitrogens with zero attached hydrogens (tertiary/aromatic N) is 5. The molecule has 3 N–H and O–H groups in total. The zero-order valence-electron chi connectivity index (χ0n) is 20.2. The zero-order valence-corrected chi connectivity index (χ0v) is 20.2. The summed E-state index contributed by atoms with van der Waals surface area (Å²) in [6.45, 7) is 8.37. The van der Waals surface area contributed by atoms with E-state index in [2.05, 4.69) is 15.3 Å². The largest absolute Gasteiger partial charge is 0.444 e. The summed E-state index contributed by atoms with van der Waals surface area (Å²) in [6.07, 6.45) is 4.78. The molecule has 0 spiro atoms. The molecule has 0 radical (unpaired) electrons. The van der Waals surface area contributed by atoms with E-state index in [4.69, 9.17) is 10.5 Å². The second kappa shape index (κ2) is 9.24. The maximum Gasteiger partial charge on any atom is 0.410 e. The fourth-order valence-corrected chi connectivity index (χ4v) is 3.80. The highest BCUT2D eigenvalue weighted by Crippen LogP contribution is 2.25. The molecule has 3 amide bonds. The molecule has 1 fully saturated rings. The Labute approximate surface area is 202 Å². The number of hydrogen-bond acceptors (Lipinski definition) is 7. The standard InChI is InChI=1S/C24H29N7O4/c1-15(32)27-19-14-31-13-16(5-6-20(31)28-19)17-11-18(21(25)26-12-17)22(33)29-7-9-30(10-8-29)23(34)35-24(2,3)4/h5-6,11-14H,7-10H2,1-4H3,(H2,25,26)(H,27,32). The lowest BCUT2D eigenvalue weighted by Gasteiger charge is -2.35. The molecule has 3 aromatic heterocycles. The molecule has 3 aromatic rings. The van der Waals surface area contributed by atoms with E-state index >= 15 is 0 Å². The highest BCUT2D eigenvalue weighted by atomic mass is 16.6. The van der Waals surface area contributed by atoms with Crippen LogP contribution in [0.5, 0.6) is 0 Å². The van der Waals surface area contributed by atoms with Crippen molar-refractivity contribution >= 4 is 35.2 Å². The monoisotopic (exact) mass is 479 g/mol. The van der Waals surface area contributed by atoms with Gasteiger partial charge < -0.3 is 30.0 Å². The van der Waals surface area contributed by atoms with Crippen molar-refractivity contribution in [2.24, 2.45) is 0 Å². The van der Waals surface area contributed by atoms with Crippen molar-refractivity contribution in [2.75, 3.05) is 37.2 Å². The van der Waals surface area contributed by atoms with Gasteiger partial charge in [-0.1, -0.05) is 0 Å². The van der Waals surface area contributed by atoms with E-state index in [9.17, 15) is 14.4 Å². The number of rotatable bonds is 3. The molecule has 0 aromatic carbocycles. The van der Waals surface area contributed by atoms with Crippen molar-refractivity contribution in [1.82, 2.24) is 24.2 Å². The predicted molar refractivity (Wildman–Crippen MR) is 131 cm³/mol. The number of carbonyl (C=O) groups excluding carboxylic acids is 3. The Kier molecular flexibility index (Phi) is 6.33. The third-order valence-electron chi connectivity index (χ3n) is 5.46. The molecule has 35 heavy (non-hydrogen) atoms. The lowest BCUT2D eigenvalue weighted by Crippen LogP contribution is -2.51. The molecule has 0 unspecified atom stereocenters. The summed E-state index contributed by atoms with van der Waals surface area (Å²) in [5, 5.41) is 2.66. The van der Waals surface area contributed by atoms with Crippen LogP contribution in [-0.2, 0) is 9.53 Å². The smallest absolute Gasteiger partial charge is 0.410 e. The lowest BCUT2D eigenvalue weighted by atomic mass is 10.1. The van der Waals surface area contributed by atoms with Crippen LogP contribution in [0.25, 0.3) is 16.8 Å². The third kappa shape index (κ3) is 5.51. The van der Waals surface area contributed by atoms with Gasteiger partial charge in [-0.05, 0) is 39.0 Å². The Morgan fingerprint density at radius 3 is 2.37 bits per heavy atom. The fraction of sp³-hybridized carbons (Fsp3) is 0.375. The van der Waals surface area contributed by atoms with E-state index in [1.807, 2.05) is 39.1 Å². The molecule has 0 saturated carbocycles. The maximum atomic E-state index is 13.2. The van der Waals surface area contributed by atoms with E-state index < -0.39 is 5.60 Å². The summed E-state index contributed by atoms with van der Waals surface area (Å²) in [5.41, 5.74) is 7.98. The minimum Gasteiger partial charge on any atom is -0.444 e. The predicted octanol–water partition coefficient (Wildman–Crippen LogP) is 2.63. The SMILES string of the molecule is CC(=O)Nc1cn2cc(-c3cnc(N)c(C(=O)N4CCN(C(=O)OC(C)(C)C)CC4)c3)ccc2n1. The summed E-state index contributed by atoms with van der Waals surface area (Å²) in [5.74, 6) is 0.153. The molecule has 1 aliphatic heterocycles. The van der Waals surface area contributed by atoms with Gasteiger partial charge in [-0.25, -0.2) is 14.8 Å². The molecule has 184 valence electrons. The van der Waals surface area contributed by atoms with Gasteiger partial charge in [0, 0.05) is 56.6 Å². The first-order valence-electron chi connectivity index (χ1n) is 11.3. The number of pyridine rings is 2. The molecule has 4 heterocycles. The number of nitrogen functional groups attached to an aromatic ring is 1. The number of ether oxygens (including phenoxy) is 1. The third-order valence-corrected chi connectivity index (χ3v) is 5.46. The molecule has 0 bridgehead atoms. The van der Waals surface area contributed by atoms with E-state index in [-0.39, 0.29) is 23.7 Å². The van der Waals surface area contributed by atoms with Crippen LogP contribution >= 0.6 is 0 Å². The number of nitrogens with two attached hydrogens (primary N) is 1. The summed E-state index contributed by atoms with van der Waals surface area (Å²) in [7, 11) is 0. The van der Waals surface area contributed by atoms with Gasteiger partial charge in [0.15, 0.2) is 5.82 Å². The van der Waals surface area contributed by atoms with Gasteiger partial charge in [-0.2, -0.15) is 0 Å². The maximum absolute atomic E-state index is 13.2. The van der Waals surface area contributed by atoms with Gasteiger partial charge in [0.2, 0.25) is 5.91 Å². The average Bonchev–Trinajstić information content (AvgIpc) is 3.18. The number of piperazine rings is 1. The second-order valence-corrected chi connectivity index (χ2v) is 9.41. The van der Waals surface area contributed by atoms with Crippen LogP contribution in [0.1, 0.15) is 38.1 Å². The van der Waals surface area contributed by atoms with Crippen LogP contribution in [0.3, 0.4) is 0 Å². The Balaban J connectivity index is 1.50. The number of anilines is 2. The van der Waals surface area contributed by atoms with Crippen LogP contribution in [0.2, 0.25) is 0 Å². The Bertz CT molecular complexity index is 1290. The summed E-state index contributed by atoms with van der Waals surface area (Å²) >= 11 is 0. The minimum absolute atomic E-state index is 0.143. The molecule has 1 aliphatic rings. The molecule has 1 saturated heterocycles. The number of amides is 3. The number of imidazole rings is 1. The highest BCUT2D eigenvalue weighted by molar-refractivity contribution is 5.99. The Hall–Kier alpha value is -4.15. The number of carbonyl (C=O) groups is 3. The first-order chi connectivity index (χ1) is 16.5. The van der Waals surface area contributed by atoms with Gasteiger partial charge in [0.05, 0.1) is 11.8 Å². The van der Waals surface area contributed by atoms with E-state index in [1.165, 1.54) is 6.92 Å². The molecular formula is C24H29N7O4. The van der Waals surface area contributed by atoms with Crippen molar-refractivity contribution in [3.63, 3.8) is 0 Å². The number of hydrogen-bond donors (Lipinski definition) is 2. The summed E-state index contributed by atoms with van der Waals surface area (Å²) < 4.78 is 7.20. The Morgan fingerprint density at radius 1 is 1.03 bits per heavy atom. The average molecular weight is 480 g/mol. The van der Waals surface area contributed by atoms with E-state index in [1.54, 1.807) is 32.7 Å². The minimum atomic E-state index is -0.574. The first kappa shape index (κ1) is 24.0. The summed E-state index contributed by atoms with van der Waals surface area (Å²) in [6, 6.07) is 5.40. The normalized spacial score (nSPS) is 14.2.